The first-order valence-electron chi connectivity index (χ1n) is 5.85. The summed E-state index contributed by atoms with van der Waals surface area (Å²) in [7, 11) is 1.58. The Morgan fingerprint density at radius 2 is 2.11 bits per heavy atom. The molecule has 3 nitrogen and oxygen atoms in total. The first-order valence-corrected chi connectivity index (χ1v) is 6.73. The smallest absolute Gasteiger partial charge is 0.238 e. The average molecular weight is 272 g/mol. The van der Waals surface area contributed by atoms with E-state index in [9.17, 15) is 4.79 Å². The van der Waals surface area contributed by atoms with Gasteiger partial charge in [0.25, 0.3) is 0 Å². The van der Waals surface area contributed by atoms with Crippen molar-refractivity contribution >= 4 is 28.1 Å². The van der Waals surface area contributed by atoms with Gasteiger partial charge >= 0.3 is 0 Å². The minimum absolute atomic E-state index is 0.109. The number of carbonyl (C=O) groups is 1. The molecule has 0 saturated heterocycles. The number of benzene rings is 1. The molecule has 0 spiro atoms. The van der Waals surface area contributed by atoms with Crippen LogP contribution < -0.4 is 4.74 Å². The number of ether oxygens (including phenoxy) is 1. The van der Waals surface area contributed by atoms with Crippen LogP contribution in [0.5, 0.6) is 5.75 Å². The van der Waals surface area contributed by atoms with Gasteiger partial charge in [-0.3, -0.25) is 4.79 Å². The van der Waals surface area contributed by atoms with Crippen LogP contribution >= 0.6 is 11.3 Å². The van der Waals surface area contributed by atoms with Crippen molar-refractivity contribution < 1.29 is 13.9 Å². The van der Waals surface area contributed by atoms with Gasteiger partial charge in [0.05, 0.1) is 12.0 Å². The van der Waals surface area contributed by atoms with E-state index in [0.717, 1.165) is 16.5 Å². The zero-order valence-corrected chi connectivity index (χ0v) is 11.4. The first-order chi connectivity index (χ1) is 9.17. The highest BCUT2D eigenvalue weighted by Crippen LogP contribution is 2.27. The van der Waals surface area contributed by atoms with Gasteiger partial charge < -0.3 is 9.15 Å². The molecule has 19 heavy (non-hydrogen) atoms. The van der Waals surface area contributed by atoms with Crippen molar-refractivity contribution in [1.29, 1.82) is 0 Å². The molecule has 3 rings (SSSR count). The lowest BCUT2D eigenvalue weighted by atomic mass is 10.1. The zero-order valence-electron chi connectivity index (χ0n) is 10.6. The third-order valence-corrected chi connectivity index (χ3v) is 3.84. The van der Waals surface area contributed by atoms with Gasteiger partial charge in [-0.1, -0.05) is 11.6 Å². The number of carbonyl (C=O) groups excluding carboxylic acids is 1. The molecule has 0 aliphatic rings. The monoisotopic (exact) mass is 272 g/mol. The molecule has 4 heteroatoms. The number of methoxy groups -OCH3 is 1. The normalized spacial score (nSPS) is 10.8. The second-order valence-electron chi connectivity index (χ2n) is 4.33. The summed E-state index contributed by atoms with van der Waals surface area (Å²) in [5, 5.41) is 2.76. The molecular weight excluding hydrogens is 260 g/mol. The SMILES string of the molecule is COc1csc(C(=O)c2cc3cc(C)ccc3o2)c1. The summed E-state index contributed by atoms with van der Waals surface area (Å²) in [6.07, 6.45) is 0. The van der Waals surface area contributed by atoms with Crippen molar-refractivity contribution in [1.82, 2.24) is 0 Å². The van der Waals surface area contributed by atoms with Crippen LogP contribution in [0.15, 0.2) is 40.1 Å². The number of aryl methyl sites for hydroxylation is 1. The molecular formula is C15H12O3S. The number of hydrogen-bond acceptors (Lipinski definition) is 4. The average Bonchev–Trinajstić information content (AvgIpc) is 3.03. The topological polar surface area (TPSA) is 39.4 Å². The van der Waals surface area contributed by atoms with Gasteiger partial charge in [0, 0.05) is 16.8 Å². The van der Waals surface area contributed by atoms with Gasteiger partial charge in [-0.25, -0.2) is 0 Å². The van der Waals surface area contributed by atoms with Crippen LogP contribution in [0.1, 0.15) is 21.0 Å². The van der Waals surface area contributed by atoms with Gasteiger partial charge in [0.2, 0.25) is 5.78 Å². The Kier molecular flexibility index (Phi) is 2.87. The molecule has 1 aromatic carbocycles. The van der Waals surface area contributed by atoms with Crippen LogP contribution in [-0.4, -0.2) is 12.9 Å². The van der Waals surface area contributed by atoms with Crippen molar-refractivity contribution in [3.05, 3.63) is 51.9 Å². The van der Waals surface area contributed by atoms with E-state index in [1.165, 1.54) is 11.3 Å². The standard InChI is InChI=1S/C15H12O3S/c1-9-3-4-12-10(5-9)6-13(18-12)15(16)14-7-11(17-2)8-19-14/h3-8H,1-2H3. The fourth-order valence-corrected chi connectivity index (χ4v) is 2.74. The fraction of sp³-hybridized carbons (Fsp3) is 0.133. The van der Waals surface area contributed by atoms with E-state index in [-0.39, 0.29) is 5.78 Å². The number of furan rings is 1. The second-order valence-corrected chi connectivity index (χ2v) is 5.24. The van der Waals surface area contributed by atoms with E-state index in [1.807, 2.05) is 25.1 Å². The van der Waals surface area contributed by atoms with Crippen LogP contribution in [0, 0.1) is 6.92 Å². The molecule has 0 N–H and O–H groups in total. The van der Waals surface area contributed by atoms with Crippen LogP contribution in [-0.2, 0) is 0 Å². The predicted molar refractivity (Wildman–Crippen MR) is 75.3 cm³/mol. The summed E-state index contributed by atoms with van der Waals surface area (Å²) < 4.78 is 10.7. The Morgan fingerprint density at radius 3 is 2.84 bits per heavy atom. The number of ketones is 1. The fourth-order valence-electron chi connectivity index (χ4n) is 1.94. The third-order valence-electron chi connectivity index (χ3n) is 2.93. The van der Waals surface area contributed by atoms with E-state index in [1.54, 1.807) is 24.6 Å². The Morgan fingerprint density at radius 1 is 1.26 bits per heavy atom. The summed E-state index contributed by atoms with van der Waals surface area (Å²) in [6, 6.07) is 9.37. The highest BCUT2D eigenvalue weighted by Gasteiger charge is 2.16. The maximum absolute atomic E-state index is 12.3. The van der Waals surface area contributed by atoms with Crippen molar-refractivity contribution in [2.75, 3.05) is 7.11 Å². The molecule has 3 aromatic rings. The van der Waals surface area contributed by atoms with Crippen molar-refractivity contribution in [2.24, 2.45) is 0 Å². The van der Waals surface area contributed by atoms with Gasteiger partial charge in [0.1, 0.15) is 11.3 Å². The highest BCUT2D eigenvalue weighted by atomic mass is 32.1. The summed E-state index contributed by atoms with van der Waals surface area (Å²) in [6.45, 7) is 2.01. The van der Waals surface area contributed by atoms with Crippen molar-refractivity contribution in [3.63, 3.8) is 0 Å². The molecule has 0 unspecified atom stereocenters. The van der Waals surface area contributed by atoms with E-state index in [2.05, 4.69) is 0 Å². The molecule has 0 aliphatic heterocycles. The quantitative estimate of drug-likeness (QED) is 0.675. The molecule has 0 atom stereocenters. The summed E-state index contributed by atoms with van der Waals surface area (Å²) in [5.41, 5.74) is 1.88. The lowest BCUT2D eigenvalue weighted by Gasteiger charge is -1.92. The molecule has 0 saturated carbocycles. The number of thiophene rings is 1. The van der Waals surface area contributed by atoms with E-state index in [4.69, 9.17) is 9.15 Å². The Hall–Kier alpha value is -2.07. The Labute approximate surface area is 114 Å². The lowest BCUT2D eigenvalue weighted by molar-refractivity contribution is 0.101. The molecule has 96 valence electrons. The molecule has 2 aromatic heterocycles. The maximum Gasteiger partial charge on any atom is 0.238 e. The molecule has 0 aliphatic carbocycles. The molecule has 0 bridgehead atoms. The third kappa shape index (κ3) is 2.15. The molecule has 0 radical (unpaired) electrons. The van der Waals surface area contributed by atoms with Gasteiger partial charge in [-0.15, -0.1) is 11.3 Å². The van der Waals surface area contributed by atoms with Gasteiger partial charge in [-0.05, 0) is 25.1 Å². The van der Waals surface area contributed by atoms with Crippen molar-refractivity contribution in [3.8, 4) is 5.75 Å². The van der Waals surface area contributed by atoms with Crippen LogP contribution in [0.2, 0.25) is 0 Å². The molecule has 2 heterocycles. The summed E-state index contributed by atoms with van der Waals surface area (Å²) >= 11 is 1.36. The largest absolute Gasteiger partial charge is 0.496 e. The van der Waals surface area contributed by atoms with E-state index >= 15 is 0 Å². The molecule has 0 amide bonds. The zero-order chi connectivity index (χ0) is 13.4. The lowest BCUT2D eigenvalue weighted by Crippen LogP contribution is -1.95. The predicted octanol–water partition coefficient (Wildman–Crippen LogP) is 4.04. The maximum atomic E-state index is 12.3. The number of rotatable bonds is 3. The summed E-state index contributed by atoms with van der Waals surface area (Å²) in [4.78, 5) is 12.9. The second kappa shape index (κ2) is 4.55. The van der Waals surface area contributed by atoms with Gasteiger partial charge in [-0.2, -0.15) is 0 Å². The van der Waals surface area contributed by atoms with Crippen LogP contribution in [0.4, 0.5) is 0 Å². The highest BCUT2D eigenvalue weighted by molar-refractivity contribution is 7.12. The van der Waals surface area contributed by atoms with Crippen LogP contribution in [0.25, 0.3) is 11.0 Å². The Bertz CT molecular complexity index is 752. The minimum Gasteiger partial charge on any atom is -0.496 e. The van der Waals surface area contributed by atoms with Gasteiger partial charge in [0.15, 0.2) is 5.76 Å². The van der Waals surface area contributed by atoms with Crippen LogP contribution in [0.3, 0.4) is 0 Å². The van der Waals surface area contributed by atoms with E-state index < -0.39 is 0 Å². The minimum atomic E-state index is -0.109. The number of hydrogen-bond donors (Lipinski definition) is 0. The van der Waals surface area contributed by atoms with Crippen molar-refractivity contribution in [2.45, 2.75) is 6.92 Å². The first kappa shape index (κ1) is 12.0. The summed E-state index contributed by atoms with van der Waals surface area (Å²) in [5.74, 6) is 0.951. The Balaban J connectivity index is 2.01. The number of fused-ring (bicyclic) bond motifs is 1. The molecule has 0 fully saturated rings. The van der Waals surface area contributed by atoms with E-state index in [0.29, 0.717) is 16.4 Å².